The lowest BCUT2D eigenvalue weighted by atomic mass is 9.96. The molecule has 2 N–H and O–H groups in total. The highest BCUT2D eigenvalue weighted by Crippen LogP contribution is 2.31. The van der Waals surface area contributed by atoms with E-state index < -0.39 is 40.2 Å². The highest BCUT2D eigenvalue weighted by Gasteiger charge is 2.43. The van der Waals surface area contributed by atoms with Crippen LogP contribution in [0.2, 0.25) is 0 Å². The lowest BCUT2D eigenvalue weighted by Gasteiger charge is -2.43. The van der Waals surface area contributed by atoms with Gasteiger partial charge in [0.1, 0.15) is 5.82 Å². The first-order valence-corrected chi connectivity index (χ1v) is 12.3. The Kier molecular flexibility index (Phi) is 7.40. The van der Waals surface area contributed by atoms with Crippen molar-refractivity contribution in [1.29, 1.82) is 0 Å². The average molecular weight is 479 g/mol. The number of fused-ring (bicyclic) bond motifs is 1. The molecule has 2 aromatic carbocycles. The number of carbonyl (C=O) groups is 1. The van der Waals surface area contributed by atoms with Gasteiger partial charge >= 0.3 is 0 Å². The van der Waals surface area contributed by atoms with Crippen LogP contribution in [0.4, 0.5) is 10.1 Å². The van der Waals surface area contributed by atoms with Crippen molar-refractivity contribution in [3.63, 3.8) is 0 Å². The summed E-state index contributed by atoms with van der Waals surface area (Å²) in [4.78, 5) is 12.3. The molecule has 0 saturated carbocycles. The van der Waals surface area contributed by atoms with Crippen molar-refractivity contribution in [3.05, 3.63) is 60.4 Å². The number of rotatable bonds is 5. The van der Waals surface area contributed by atoms with Gasteiger partial charge in [0.05, 0.1) is 48.9 Å². The lowest BCUT2D eigenvalue weighted by Crippen LogP contribution is -2.57. The molecule has 2 saturated heterocycles. The van der Waals surface area contributed by atoms with Gasteiger partial charge in [-0.2, -0.15) is 4.31 Å². The maximum Gasteiger partial charge on any atom is 0.243 e. The van der Waals surface area contributed by atoms with Gasteiger partial charge in [-0.25, -0.2) is 12.8 Å². The minimum absolute atomic E-state index is 0.0547. The summed E-state index contributed by atoms with van der Waals surface area (Å²) >= 11 is 0. The fraction of sp³-hybridized carbons (Fsp3) is 0.435. The van der Waals surface area contributed by atoms with E-state index in [0.717, 1.165) is 6.07 Å². The van der Waals surface area contributed by atoms with E-state index in [9.17, 15) is 22.7 Å². The Morgan fingerprint density at radius 3 is 2.67 bits per heavy atom. The second-order valence-electron chi connectivity index (χ2n) is 8.28. The van der Waals surface area contributed by atoms with E-state index >= 15 is 0 Å². The van der Waals surface area contributed by atoms with Crippen molar-refractivity contribution in [2.24, 2.45) is 0 Å². The monoisotopic (exact) mass is 478 g/mol. The van der Waals surface area contributed by atoms with E-state index in [1.165, 1.54) is 22.5 Å². The molecule has 178 valence electrons. The highest BCUT2D eigenvalue weighted by molar-refractivity contribution is 7.89. The van der Waals surface area contributed by atoms with E-state index in [4.69, 9.17) is 9.47 Å². The number of β-amino-alcohol motifs (C(OH)–C–C–N with tert-alkyl or cyclic N) is 1. The first kappa shape index (κ1) is 23.8. The molecule has 0 spiro atoms. The second-order valence-corrected chi connectivity index (χ2v) is 10.2. The predicted molar refractivity (Wildman–Crippen MR) is 118 cm³/mol. The van der Waals surface area contributed by atoms with Crippen molar-refractivity contribution < 1.29 is 32.2 Å². The van der Waals surface area contributed by atoms with Gasteiger partial charge in [-0.05, 0) is 43.2 Å². The predicted octanol–water partition coefficient (Wildman–Crippen LogP) is 2.15. The number of sulfonamides is 1. The number of nitrogens with zero attached hydrogens (tertiary/aromatic N) is 1. The Bertz CT molecular complexity index is 1070. The average Bonchev–Trinajstić information content (AvgIpc) is 2.77. The Morgan fingerprint density at radius 2 is 1.91 bits per heavy atom. The fourth-order valence-corrected chi connectivity index (χ4v) is 6.02. The first-order valence-electron chi connectivity index (χ1n) is 10.9. The van der Waals surface area contributed by atoms with E-state index in [2.05, 4.69) is 5.32 Å². The molecule has 0 unspecified atom stereocenters. The Balaban J connectivity index is 1.49. The van der Waals surface area contributed by atoms with Gasteiger partial charge in [0.25, 0.3) is 0 Å². The third-order valence-electron chi connectivity index (χ3n) is 5.81. The minimum atomic E-state index is -4.09. The molecule has 0 aliphatic carbocycles. The summed E-state index contributed by atoms with van der Waals surface area (Å²) in [7, 11) is -4.09. The van der Waals surface area contributed by atoms with Crippen LogP contribution in [0, 0.1) is 5.82 Å². The van der Waals surface area contributed by atoms with Gasteiger partial charge in [-0.3, -0.25) is 4.79 Å². The van der Waals surface area contributed by atoms with Crippen LogP contribution in [-0.4, -0.2) is 67.8 Å². The molecule has 2 heterocycles. The Labute approximate surface area is 192 Å². The van der Waals surface area contributed by atoms with Crippen molar-refractivity contribution in [2.75, 3.05) is 25.1 Å². The molecule has 1 amide bonds. The van der Waals surface area contributed by atoms with Crippen LogP contribution in [-0.2, 0) is 24.3 Å². The van der Waals surface area contributed by atoms with Gasteiger partial charge < -0.3 is 19.9 Å². The molecule has 4 atom stereocenters. The third-order valence-corrected chi connectivity index (χ3v) is 7.69. The summed E-state index contributed by atoms with van der Waals surface area (Å²) in [5.74, 6) is -0.857. The van der Waals surface area contributed by atoms with Crippen LogP contribution in [0.3, 0.4) is 0 Å². The van der Waals surface area contributed by atoms with Gasteiger partial charge in [0.15, 0.2) is 0 Å². The number of nitrogens with one attached hydrogen (secondary N) is 1. The first-order chi connectivity index (χ1) is 15.8. The number of benzene rings is 2. The number of aliphatic hydroxyl groups is 1. The van der Waals surface area contributed by atoms with Crippen LogP contribution >= 0.6 is 0 Å². The zero-order valence-electron chi connectivity index (χ0n) is 18.0. The minimum Gasteiger partial charge on any atom is -0.389 e. The Hall–Kier alpha value is -2.37. The number of anilines is 1. The summed E-state index contributed by atoms with van der Waals surface area (Å²) in [5.41, 5.74) is 0.687. The number of amides is 1. The molecule has 4 rings (SSSR count). The quantitative estimate of drug-likeness (QED) is 0.682. The molecule has 8 nitrogen and oxygen atoms in total. The molecular formula is C23H27FN2O6S. The van der Waals surface area contributed by atoms with Crippen molar-refractivity contribution in [2.45, 2.75) is 48.5 Å². The maximum atomic E-state index is 13.7. The molecule has 2 aliphatic heterocycles. The maximum absolute atomic E-state index is 13.7. The number of ether oxygens (including phenoxy) is 2. The smallest absolute Gasteiger partial charge is 0.243 e. The van der Waals surface area contributed by atoms with Gasteiger partial charge in [-0.15, -0.1) is 0 Å². The number of para-hydroxylation sites is 1. The lowest BCUT2D eigenvalue weighted by molar-refractivity contribution is -0.144. The number of carbonyl (C=O) groups excluding carboxylic acids is 1. The van der Waals surface area contributed by atoms with Crippen LogP contribution in [0.5, 0.6) is 0 Å². The Morgan fingerprint density at radius 1 is 1.12 bits per heavy atom. The van der Waals surface area contributed by atoms with Crippen molar-refractivity contribution in [1.82, 2.24) is 4.31 Å². The van der Waals surface area contributed by atoms with Crippen LogP contribution in [0.15, 0.2) is 59.5 Å². The van der Waals surface area contributed by atoms with Gasteiger partial charge in [-0.1, -0.05) is 24.3 Å². The molecule has 0 aromatic heterocycles. The number of hydrogen-bond acceptors (Lipinski definition) is 6. The zero-order valence-corrected chi connectivity index (χ0v) is 18.8. The molecule has 2 aromatic rings. The van der Waals surface area contributed by atoms with Crippen LogP contribution < -0.4 is 5.32 Å². The largest absolute Gasteiger partial charge is 0.389 e. The molecule has 10 heteroatoms. The van der Waals surface area contributed by atoms with Gasteiger partial charge in [0.2, 0.25) is 15.9 Å². The summed E-state index contributed by atoms with van der Waals surface area (Å²) < 4.78 is 53.3. The highest BCUT2D eigenvalue weighted by atomic mass is 32.2. The van der Waals surface area contributed by atoms with Gasteiger partial charge in [0, 0.05) is 12.2 Å². The van der Waals surface area contributed by atoms with E-state index in [-0.39, 0.29) is 37.0 Å². The molecule has 2 fully saturated rings. The number of hydrogen-bond donors (Lipinski definition) is 2. The van der Waals surface area contributed by atoms with E-state index in [1.807, 2.05) is 18.2 Å². The molecule has 33 heavy (non-hydrogen) atoms. The fourth-order valence-electron chi connectivity index (χ4n) is 4.27. The van der Waals surface area contributed by atoms with E-state index in [1.54, 1.807) is 12.1 Å². The van der Waals surface area contributed by atoms with E-state index in [0.29, 0.717) is 18.5 Å². The zero-order chi connectivity index (χ0) is 23.4. The normalized spacial score (nSPS) is 26.6. The number of aliphatic hydroxyl groups excluding tert-OH is 1. The third kappa shape index (κ3) is 5.77. The van der Waals surface area contributed by atoms with Crippen LogP contribution in [0.25, 0.3) is 0 Å². The SMILES string of the molecule is O=C(C[C@H]1CC[C@@H]2[C@H](COC[C@@H](O)CN2S(=O)(=O)c2cccc(F)c2)O1)Nc1ccccc1. The van der Waals surface area contributed by atoms with Crippen LogP contribution in [0.1, 0.15) is 19.3 Å². The molecule has 0 bridgehead atoms. The number of halogens is 1. The standard InChI is InChI=1S/C23H27FN2O6S/c24-16-5-4-8-20(11-16)33(29,30)26-13-18(27)14-31-15-22-21(26)10-9-19(32-22)12-23(28)25-17-6-2-1-3-7-17/h1-8,11,18-19,21-22,27H,9-10,12-15H2,(H,25,28)/t18-,19+,21+,22-/m0/s1. The summed E-state index contributed by atoms with van der Waals surface area (Å²) in [6, 6.07) is 13.3. The molecular weight excluding hydrogens is 451 g/mol. The second kappa shape index (κ2) is 10.3. The van der Waals surface area contributed by atoms with Crippen molar-refractivity contribution >= 4 is 21.6 Å². The van der Waals surface area contributed by atoms with Crippen molar-refractivity contribution in [3.8, 4) is 0 Å². The molecule has 0 radical (unpaired) electrons. The summed E-state index contributed by atoms with van der Waals surface area (Å²) in [5, 5.41) is 13.1. The topological polar surface area (TPSA) is 105 Å². The molecule has 2 aliphatic rings. The summed E-state index contributed by atoms with van der Waals surface area (Å²) in [6.07, 6.45) is -1.06. The summed E-state index contributed by atoms with van der Waals surface area (Å²) in [6.45, 7) is -0.169.